The van der Waals surface area contributed by atoms with Crippen molar-refractivity contribution in [2.45, 2.75) is 29.4 Å². The highest BCUT2D eigenvalue weighted by Crippen LogP contribution is 2.38. The van der Waals surface area contributed by atoms with Gasteiger partial charge >= 0.3 is 0 Å². The van der Waals surface area contributed by atoms with Crippen molar-refractivity contribution in [3.8, 4) is 35.4 Å². The number of nitrogen functional groups attached to an aromatic ring is 1. The molecule has 0 atom stereocenters. The first kappa shape index (κ1) is 17.9. The summed E-state index contributed by atoms with van der Waals surface area (Å²) in [7, 11) is 3.23. The molecule has 0 saturated heterocycles. The Balaban J connectivity index is 1.92. The van der Waals surface area contributed by atoms with Gasteiger partial charge in [-0.1, -0.05) is 0 Å². The SMILES string of the molecule is C#CCCCn1cnc(N)c2nc(Sc3ccc(OC)cc3OC)nc1-2. The summed E-state index contributed by atoms with van der Waals surface area (Å²) in [5.74, 6) is 5.10. The molecule has 8 heteroatoms. The summed E-state index contributed by atoms with van der Waals surface area (Å²) < 4.78 is 12.6. The average molecular weight is 369 g/mol. The van der Waals surface area contributed by atoms with Crippen LogP contribution in [-0.2, 0) is 6.54 Å². The summed E-state index contributed by atoms with van der Waals surface area (Å²) in [5.41, 5.74) is 6.56. The van der Waals surface area contributed by atoms with Crippen molar-refractivity contribution >= 4 is 17.6 Å². The summed E-state index contributed by atoms with van der Waals surface area (Å²) in [6.07, 6.45) is 8.52. The number of rotatable bonds is 7. The number of imidazole rings is 1. The predicted octanol–water partition coefficient (Wildman–Crippen LogP) is 2.94. The summed E-state index contributed by atoms with van der Waals surface area (Å²) in [5, 5.41) is 0.578. The Morgan fingerprint density at radius 1 is 1.27 bits per heavy atom. The zero-order valence-electron chi connectivity index (χ0n) is 14.6. The van der Waals surface area contributed by atoms with Gasteiger partial charge in [-0.15, -0.1) is 12.3 Å². The van der Waals surface area contributed by atoms with Crippen LogP contribution in [0, 0.1) is 12.3 Å². The lowest BCUT2D eigenvalue weighted by Gasteiger charge is -2.09. The number of aryl methyl sites for hydroxylation is 1. The molecule has 0 fully saturated rings. The highest BCUT2D eigenvalue weighted by Gasteiger charge is 2.20. The Morgan fingerprint density at radius 3 is 2.85 bits per heavy atom. The van der Waals surface area contributed by atoms with Crippen LogP contribution in [0.4, 0.5) is 5.82 Å². The lowest BCUT2D eigenvalue weighted by molar-refractivity contribution is 0.387. The van der Waals surface area contributed by atoms with Crippen molar-refractivity contribution < 1.29 is 9.47 Å². The summed E-state index contributed by atoms with van der Waals surface area (Å²) in [6, 6.07) is 5.59. The standard InChI is InChI=1S/C18H19N5O2S/c1-4-5-6-9-23-11-20-16(19)15-17(23)22-18(21-15)26-14-8-7-12(24-2)10-13(14)25-3/h1,7-8,10-11H,5-6,9,19H2,2-3H3. The van der Waals surface area contributed by atoms with Gasteiger partial charge in [0.05, 0.1) is 25.4 Å². The molecule has 1 aromatic rings. The fourth-order valence-corrected chi connectivity index (χ4v) is 3.30. The second kappa shape index (κ2) is 7.97. The molecule has 0 unspecified atom stereocenters. The maximum absolute atomic E-state index is 5.97. The molecule has 2 aliphatic heterocycles. The first-order chi connectivity index (χ1) is 12.7. The minimum Gasteiger partial charge on any atom is -0.497 e. The maximum atomic E-state index is 5.97. The molecule has 26 heavy (non-hydrogen) atoms. The Labute approximate surface area is 156 Å². The molecule has 0 spiro atoms. The van der Waals surface area contributed by atoms with Gasteiger partial charge in [-0.3, -0.25) is 0 Å². The van der Waals surface area contributed by atoms with E-state index < -0.39 is 0 Å². The Morgan fingerprint density at radius 2 is 2.12 bits per heavy atom. The summed E-state index contributed by atoms with van der Waals surface area (Å²) in [6.45, 7) is 0.711. The molecule has 2 N–H and O–H groups in total. The normalized spacial score (nSPS) is 10.7. The molecule has 7 nitrogen and oxygen atoms in total. The van der Waals surface area contributed by atoms with Crippen LogP contribution >= 0.6 is 11.8 Å². The quantitative estimate of drug-likeness (QED) is 0.506. The highest BCUT2D eigenvalue weighted by molar-refractivity contribution is 7.99. The zero-order valence-corrected chi connectivity index (χ0v) is 15.4. The number of hydrogen-bond acceptors (Lipinski definition) is 7. The number of nitrogens with two attached hydrogens (primary N) is 1. The van der Waals surface area contributed by atoms with Gasteiger partial charge in [-0.25, -0.2) is 15.0 Å². The van der Waals surface area contributed by atoms with E-state index >= 15 is 0 Å². The third kappa shape index (κ3) is 3.68. The van der Waals surface area contributed by atoms with Gasteiger partial charge in [0, 0.05) is 19.0 Å². The van der Waals surface area contributed by atoms with Gasteiger partial charge in [0.1, 0.15) is 11.5 Å². The first-order valence-corrected chi connectivity index (χ1v) is 8.79. The third-order valence-corrected chi connectivity index (χ3v) is 4.69. The molecule has 0 radical (unpaired) electrons. The van der Waals surface area contributed by atoms with Gasteiger partial charge in [0.2, 0.25) is 0 Å². The average Bonchev–Trinajstić information content (AvgIpc) is 3.09. The summed E-state index contributed by atoms with van der Waals surface area (Å²) >= 11 is 1.40. The molecular formula is C18H19N5O2S. The lowest BCUT2D eigenvalue weighted by atomic mass is 10.3. The van der Waals surface area contributed by atoms with Crippen molar-refractivity contribution in [2.75, 3.05) is 20.0 Å². The number of hydrogen-bond donors (Lipinski definition) is 1. The highest BCUT2D eigenvalue weighted by atomic mass is 32.2. The lowest BCUT2D eigenvalue weighted by Crippen LogP contribution is -2.08. The molecule has 3 rings (SSSR count). The van der Waals surface area contributed by atoms with E-state index in [2.05, 4.69) is 20.9 Å². The van der Waals surface area contributed by atoms with E-state index in [9.17, 15) is 0 Å². The van der Waals surface area contributed by atoms with E-state index in [0.717, 1.165) is 17.1 Å². The van der Waals surface area contributed by atoms with Crippen molar-refractivity contribution in [1.29, 1.82) is 0 Å². The predicted molar refractivity (Wildman–Crippen MR) is 101 cm³/mol. The maximum Gasteiger partial charge on any atom is 0.195 e. The smallest absolute Gasteiger partial charge is 0.195 e. The number of fused-ring (bicyclic) bond motifs is 1. The minimum atomic E-state index is 0.356. The van der Waals surface area contributed by atoms with E-state index in [1.807, 2.05) is 22.8 Å². The van der Waals surface area contributed by atoms with Crippen LogP contribution in [0.3, 0.4) is 0 Å². The van der Waals surface area contributed by atoms with Crippen LogP contribution in [0.15, 0.2) is 34.6 Å². The molecule has 134 valence electrons. The second-order valence-electron chi connectivity index (χ2n) is 5.43. The van der Waals surface area contributed by atoms with Gasteiger partial charge in [-0.2, -0.15) is 0 Å². The Bertz CT molecular complexity index is 919. The molecule has 0 amide bonds. The van der Waals surface area contributed by atoms with Crippen LogP contribution < -0.4 is 15.2 Å². The molecule has 2 heterocycles. The van der Waals surface area contributed by atoms with Gasteiger partial charge < -0.3 is 19.8 Å². The van der Waals surface area contributed by atoms with Crippen LogP contribution in [0.25, 0.3) is 11.5 Å². The third-order valence-electron chi connectivity index (χ3n) is 3.76. The van der Waals surface area contributed by atoms with Crippen LogP contribution in [-0.4, -0.2) is 33.7 Å². The van der Waals surface area contributed by atoms with Crippen molar-refractivity contribution in [2.24, 2.45) is 0 Å². The minimum absolute atomic E-state index is 0.356. The molecule has 2 aliphatic rings. The van der Waals surface area contributed by atoms with Crippen molar-refractivity contribution in [3.63, 3.8) is 0 Å². The number of terminal acetylenes is 1. The molecule has 0 aromatic heterocycles. The topological polar surface area (TPSA) is 88.1 Å². The van der Waals surface area contributed by atoms with E-state index in [4.69, 9.17) is 21.6 Å². The van der Waals surface area contributed by atoms with Gasteiger partial charge in [0.15, 0.2) is 22.5 Å². The Hall–Kier alpha value is -2.92. The molecule has 0 saturated carbocycles. The molecule has 0 aliphatic carbocycles. The van der Waals surface area contributed by atoms with E-state index in [1.54, 1.807) is 20.5 Å². The number of unbranched alkanes of at least 4 members (excludes halogenated alkanes) is 1. The number of anilines is 1. The largest absolute Gasteiger partial charge is 0.497 e. The first-order valence-electron chi connectivity index (χ1n) is 7.98. The Kier molecular flexibility index (Phi) is 5.49. The van der Waals surface area contributed by atoms with Crippen LogP contribution in [0.1, 0.15) is 12.8 Å². The van der Waals surface area contributed by atoms with Crippen molar-refractivity contribution in [3.05, 3.63) is 24.5 Å². The van der Waals surface area contributed by atoms with Gasteiger partial charge in [0.25, 0.3) is 0 Å². The molecular weight excluding hydrogens is 350 g/mol. The monoisotopic (exact) mass is 369 g/mol. The fourth-order valence-electron chi connectivity index (χ4n) is 2.45. The molecule has 0 bridgehead atoms. The van der Waals surface area contributed by atoms with Gasteiger partial charge in [-0.05, 0) is 30.3 Å². The fraction of sp³-hybridized carbons (Fsp3) is 0.278. The number of aromatic nitrogens is 4. The van der Waals surface area contributed by atoms with Crippen LogP contribution in [0.2, 0.25) is 0 Å². The van der Waals surface area contributed by atoms with Crippen LogP contribution in [0.5, 0.6) is 11.5 Å². The summed E-state index contributed by atoms with van der Waals surface area (Å²) in [4.78, 5) is 14.2. The van der Waals surface area contributed by atoms with Crippen molar-refractivity contribution in [1.82, 2.24) is 19.5 Å². The van der Waals surface area contributed by atoms with E-state index in [1.165, 1.54) is 11.8 Å². The number of nitrogens with zero attached hydrogens (tertiary/aromatic N) is 4. The van der Waals surface area contributed by atoms with E-state index in [0.29, 0.717) is 41.2 Å². The van der Waals surface area contributed by atoms with E-state index in [-0.39, 0.29) is 0 Å². The second-order valence-corrected chi connectivity index (χ2v) is 6.44. The number of ether oxygens (including phenoxy) is 2. The number of methoxy groups -OCH3 is 2. The zero-order chi connectivity index (χ0) is 18.5. The number of benzene rings is 1. The molecule has 1 aromatic carbocycles.